The van der Waals surface area contributed by atoms with E-state index in [4.69, 9.17) is 9.47 Å². The highest BCUT2D eigenvalue weighted by Gasteiger charge is 1.86. The summed E-state index contributed by atoms with van der Waals surface area (Å²) in [6, 6.07) is 0. The molecule has 0 rings (SSSR count). The summed E-state index contributed by atoms with van der Waals surface area (Å²) in [7, 11) is 0. The monoisotopic (exact) mass is 186 g/mol. The van der Waals surface area contributed by atoms with E-state index in [9.17, 15) is 0 Å². The number of hydrogen-bond acceptors (Lipinski definition) is 2. The van der Waals surface area contributed by atoms with Gasteiger partial charge >= 0.3 is 0 Å². The Morgan fingerprint density at radius 1 is 1.08 bits per heavy atom. The minimum Gasteiger partial charge on any atom is -0.475 e. The number of ether oxygens (including phenoxy) is 2. The first-order chi connectivity index (χ1) is 6.41. The second-order valence-corrected chi connectivity index (χ2v) is 3.06. The third-order valence-corrected chi connectivity index (χ3v) is 1.69. The van der Waals surface area contributed by atoms with Gasteiger partial charge in [0.05, 0.1) is 12.9 Å². The zero-order chi connectivity index (χ0) is 9.78. The van der Waals surface area contributed by atoms with E-state index >= 15 is 0 Å². The summed E-state index contributed by atoms with van der Waals surface area (Å²) in [5, 5.41) is 0. The van der Waals surface area contributed by atoms with Gasteiger partial charge in [-0.2, -0.15) is 0 Å². The lowest BCUT2D eigenvalue weighted by Gasteiger charge is -2.02. The van der Waals surface area contributed by atoms with Gasteiger partial charge in [0, 0.05) is 0 Å². The fraction of sp³-hybridized carbons (Fsp3) is 0.818. The first-order valence-electron chi connectivity index (χ1n) is 5.26. The topological polar surface area (TPSA) is 18.5 Å². The standard InChI is InChI=1S/C11H22O2/c1-3-5-7-9-12-11-13-10-8-6-4-2/h7,9H,3-6,8,10-11H2,1-2H3. The van der Waals surface area contributed by atoms with Crippen LogP contribution in [0.2, 0.25) is 0 Å². The van der Waals surface area contributed by atoms with Gasteiger partial charge in [-0.25, -0.2) is 0 Å². The predicted molar refractivity (Wildman–Crippen MR) is 55.5 cm³/mol. The molecule has 0 aromatic heterocycles. The highest BCUT2D eigenvalue weighted by atomic mass is 16.7. The zero-order valence-corrected chi connectivity index (χ0v) is 8.92. The third-order valence-electron chi connectivity index (χ3n) is 1.69. The maximum absolute atomic E-state index is 5.24. The first kappa shape index (κ1) is 12.5. The normalized spacial score (nSPS) is 10.9. The molecular weight excluding hydrogens is 164 g/mol. The van der Waals surface area contributed by atoms with Gasteiger partial charge in [-0.15, -0.1) is 0 Å². The summed E-state index contributed by atoms with van der Waals surface area (Å²) in [5.74, 6) is 0. The molecule has 0 aromatic rings. The van der Waals surface area contributed by atoms with E-state index < -0.39 is 0 Å². The molecule has 0 bridgehead atoms. The average molecular weight is 186 g/mol. The van der Waals surface area contributed by atoms with Crippen LogP contribution in [0.1, 0.15) is 46.0 Å². The van der Waals surface area contributed by atoms with E-state index in [1.54, 1.807) is 6.26 Å². The van der Waals surface area contributed by atoms with E-state index in [1.165, 1.54) is 12.8 Å². The number of hydrogen-bond donors (Lipinski definition) is 0. The molecule has 0 aromatic carbocycles. The SMILES string of the molecule is CCCC=COCOCCCCC. The van der Waals surface area contributed by atoms with Crippen LogP contribution in [-0.2, 0) is 9.47 Å². The molecular formula is C11H22O2. The van der Waals surface area contributed by atoms with Crippen molar-refractivity contribution < 1.29 is 9.47 Å². The van der Waals surface area contributed by atoms with Crippen LogP contribution in [-0.4, -0.2) is 13.4 Å². The highest BCUT2D eigenvalue weighted by Crippen LogP contribution is 1.94. The molecule has 0 aliphatic heterocycles. The Morgan fingerprint density at radius 2 is 1.92 bits per heavy atom. The van der Waals surface area contributed by atoms with Crippen LogP contribution >= 0.6 is 0 Å². The maximum Gasteiger partial charge on any atom is 0.188 e. The minimum absolute atomic E-state index is 0.393. The molecule has 0 spiro atoms. The Hall–Kier alpha value is -0.500. The zero-order valence-electron chi connectivity index (χ0n) is 8.92. The van der Waals surface area contributed by atoms with Gasteiger partial charge in [-0.05, 0) is 18.9 Å². The van der Waals surface area contributed by atoms with Gasteiger partial charge < -0.3 is 9.47 Å². The van der Waals surface area contributed by atoms with Gasteiger partial charge in [0.1, 0.15) is 0 Å². The molecule has 2 heteroatoms. The Balaban J connectivity index is 2.91. The van der Waals surface area contributed by atoms with Crippen molar-refractivity contribution in [3.8, 4) is 0 Å². The number of rotatable bonds is 9. The lowest BCUT2D eigenvalue weighted by molar-refractivity contribution is -0.0127. The van der Waals surface area contributed by atoms with Crippen LogP contribution in [0, 0.1) is 0 Å². The molecule has 0 radical (unpaired) electrons. The summed E-state index contributed by atoms with van der Waals surface area (Å²) < 4.78 is 10.4. The van der Waals surface area contributed by atoms with Crippen molar-refractivity contribution in [1.82, 2.24) is 0 Å². The number of unbranched alkanes of at least 4 members (excludes halogenated alkanes) is 3. The minimum atomic E-state index is 0.393. The van der Waals surface area contributed by atoms with Gasteiger partial charge in [0.2, 0.25) is 0 Å². The molecule has 0 fully saturated rings. The Kier molecular flexibility index (Phi) is 11.1. The second-order valence-electron chi connectivity index (χ2n) is 3.06. The Labute approximate surface area is 81.9 Å². The van der Waals surface area contributed by atoms with Crippen molar-refractivity contribution in [3.63, 3.8) is 0 Å². The molecule has 0 aliphatic carbocycles. The number of allylic oxidation sites excluding steroid dienone is 1. The summed E-state index contributed by atoms with van der Waals surface area (Å²) >= 11 is 0. The molecule has 0 saturated heterocycles. The summed E-state index contributed by atoms with van der Waals surface area (Å²) in [6.45, 7) is 5.54. The van der Waals surface area contributed by atoms with Gasteiger partial charge in [0.15, 0.2) is 6.79 Å². The largest absolute Gasteiger partial charge is 0.475 e. The quantitative estimate of drug-likeness (QED) is 0.312. The fourth-order valence-electron chi connectivity index (χ4n) is 0.903. The van der Waals surface area contributed by atoms with Crippen molar-refractivity contribution in [3.05, 3.63) is 12.3 Å². The van der Waals surface area contributed by atoms with Crippen molar-refractivity contribution in [2.45, 2.75) is 46.0 Å². The lowest BCUT2D eigenvalue weighted by atomic mass is 10.3. The van der Waals surface area contributed by atoms with Crippen LogP contribution in [0.4, 0.5) is 0 Å². The smallest absolute Gasteiger partial charge is 0.188 e. The molecule has 0 saturated carbocycles. The van der Waals surface area contributed by atoms with Crippen LogP contribution in [0.3, 0.4) is 0 Å². The van der Waals surface area contributed by atoms with Crippen LogP contribution in [0.5, 0.6) is 0 Å². The van der Waals surface area contributed by atoms with E-state index in [1.807, 2.05) is 6.08 Å². The Morgan fingerprint density at radius 3 is 2.62 bits per heavy atom. The average Bonchev–Trinajstić information content (AvgIpc) is 2.16. The fourth-order valence-corrected chi connectivity index (χ4v) is 0.903. The van der Waals surface area contributed by atoms with Crippen molar-refractivity contribution in [2.24, 2.45) is 0 Å². The van der Waals surface area contributed by atoms with Crippen LogP contribution < -0.4 is 0 Å². The van der Waals surface area contributed by atoms with Gasteiger partial charge in [-0.1, -0.05) is 33.1 Å². The molecule has 2 nitrogen and oxygen atoms in total. The summed E-state index contributed by atoms with van der Waals surface area (Å²) in [6.07, 6.45) is 9.61. The van der Waals surface area contributed by atoms with Crippen molar-refractivity contribution >= 4 is 0 Å². The van der Waals surface area contributed by atoms with Crippen molar-refractivity contribution in [2.75, 3.05) is 13.4 Å². The highest BCUT2D eigenvalue weighted by molar-refractivity contribution is 4.71. The molecule has 0 atom stereocenters. The van der Waals surface area contributed by atoms with Gasteiger partial charge in [0.25, 0.3) is 0 Å². The van der Waals surface area contributed by atoms with E-state index in [0.29, 0.717) is 6.79 Å². The maximum atomic E-state index is 5.24. The third kappa shape index (κ3) is 11.5. The van der Waals surface area contributed by atoms with Crippen LogP contribution in [0.25, 0.3) is 0 Å². The Bertz CT molecular complexity index is 111. The van der Waals surface area contributed by atoms with Crippen LogP contribution in [0.15, 0.2) is 12.3 Å². The van der Waals surface area contributed by atoms with Gasteiger partial charge in [-0.3, -0.25) is 0 Å². The summed E-state index contributed by atoms with van der Waals surface area (Å²) in [5.41, 5.74) is 0. The molecule has 0 aliphatic rings. The molecule has 78 valence electrons. The predicted octanol–water partition coefficient (Wildman–Crippen LogP) is 3.48. The van der Waals surface area contributed by atoms with Crippen molar-refractivity contribution in [1.29, 1.82) is 0 Å². The molecule has 0 heterocycles. The molecule has 13 heavy (non-hydrogen) atoms. The van der Waals surface area contributed by atoms with E-state index in [2.05, 4.69) is 13.8 Å². The lowest BCUT2D eigenvalue weighted by Crippen LogP contribution is -1.97. The van der Waals surface area contributed by atoms with E-state index in [-0.39, 0.29) is 0 Å². The molecule has 0 amide bonds. The molecule has 0 unspecified atom stereocenters. The first-order valence-corrected chi connectivity index (χ1v) is 5.26. The second kappa shape index (κ2) is 11.5. The summed E-state index contributed by atoms with van der Waals surface area (Å²) in [4.78, 5) is 0. The molecule has 0 N–H and O–H groups in total. The van der Waals surface area contributed by atoms with E-state index in [0.717, 1.165) is 25.9 Å².